The molecule has 2 nitrogen and oxygen atoms in total. The minimum atomic E-state index is 0.233. The second-order valence-corrected chi connectivity index (χ2v) is 4.99. The Balaban J connectivity index is 2.69. The molecule has 2 aromatic rings. The van der Waals surface area contributed by atoms with Crippen molar-refractivity contribution in [2.45, 2.75) is 0 Å². The van der Waals surface area contributed by atoms with Crippen LogP contribution >= 0.6 is 46.4 Å². The molecule has 0 aliphatic heterocycles. The summed E-state index contributed by atoms with van der Waals surface area (Å²) in [6, 6.07) is 4.74. The monoisotopic (exact) mass is 319 g/mol. The number of rotatable bonds is 2. The van der Waals surface area contributed by atoms with E-state index >= 15 is 0 Å². The lowest BCUT2D eigenvalue weighted by atomic mass is 10.0. The zero-order valence-electron chi connectivity index (χ0n) is 8.75. The summed E-state index contributed by atoms with van der Waals surface area (Å²) in [6.07, 6.45) is 2.15. The van der Waals surface area contributed by atoms with E-state index in [0.29, 0.717) is 28.0 Å². The Morgan fingerprint density at radius 2 is 1.72 bits per heavy atom. The van der Waals surface area contributed by atoms with Crippen molar-refractivity contribution in [1.82, 2.24) is 4.98 Å². The zero-order valence-corrected chi connectivity index (χ0v) is 11.8. The molecule has 0 bridgehead atoms. The van der Waals surface area contributed by atoms with Gasteiger partial charge in [0.25, 0.3) is 0 Å². The van der Waals surface area contributed by atoms with Crippen LogP contribution in [0.25, 0.3) is 11.1 Å². The van der Waals surface area contributed by atoms with Gasteiger partial charge >= 0.3 is 0 Å². The van der Waals surface area contributed by atoms with Gasteiger partial charge in [0.1, 0.15) is 5.15 Å². The SMILES string of the molecule is O=Cc1cc(Cl)ncc1-c1ccc(Cl)c(Cl)c1Cl. The molecule has 0 N–H and O–H groups in total. The number of aromatic nitrogens is 1. The molecule has 0 radical (unpaired) electrons. The minimum absolute atomic E-state index is 0.233. The molecule has 0 saturated carbocycles. The number of pyridine rings is 1. The van der Waals surface area contributed by atoms with Crippen LogP contribution in [0.15, 0.2) is 24.4 Å². The number of halogens is 4. The molecular weight excluding hydrogens is 316 g/mol. The van der Waals surface area contributed by atoms with Crippen molar-refractivity contribution >= 4 is 52.7 Å². The summed E-state index contributed by atoms with van der Waals surface area (Å²) in [5, 5.41) is 1.09. The smallest absolute Gasteiger partial charge is 0.150 e. The van der Waals surface area contributed by atoms with E-state index < -0.39 is 0 Å². The Bertz CT molecular complexity index is 628. The van der Waals surface area contributed by atoms with Crippen molar-refractivity contribution in [3.63, 3.8) is 0 Å². The van der Waals surface area contributed by atoms with Gasteiger partial charge in [-0.15, -0.1) is 0 Å². The first kappa shape index (κ1) is 13.6. The van der Waals surface area contributed by atoms with Gasteiger partial charge in [-0.1, -0.05) is 52.5 Å². The fourth-order valence-corrected chi connectivity index (χ4v) is 2.30. The third kappa shape index (κ3) is 2.47. The summed E-state index contributed by atoms with van der Waals surface area (Å²) < 4.78 is 0. The van der Waals surface area contributed by atoms with Gasteiger partial charge < -0.3 is 0 Å². The molecule has 92 valence electrons. The van der Waals surface area contributed by atoms with Crippen molar-refractivity contribution in [2.24, 2.45) is 0 Å². The Morgan fingerprint density at radius 3 is 2.39 bits per heavy atom. The summed E-state index contributed by atoms with van der Waals surface area (Å²) in [4.78, 5) is 15.0. The molecule has 1 heterocycles. The minimum Gasteiger partial charge on any atom is -0.298 e. The average molecular weight is 321 g/mol. The highest BCUT2D eigenvalue weighted by Gasteiger charge is 2.14. The van der Waals surface area contributed by atoms with Gasteiger partial charge in [0.05, 0.1) is 15.1 Å². The highest BCUT2D eigenvalue weighted by atomic mass is 35.5. The van der Waals surface area contributed by atoms with E-state index in [1.165, 1.54) is 12.3 Å². The van der Waals surface area contributed by atoms with E-state index in [-0.39, 0.29) is 15.2 Å². The Labute approximate surface area is 123 Å². The quantitative estimate of drug-likeness (QED) is 0.434. The molecule has 0 amide bonds. The average Bonchev–Trinajstić information content (AvgIpc) is 2.37. The molecular formula is C12H5Cl4NO. The van der Waals surface area contributed by atoms with Crippen LogP contribution < -0.4 is 0 Å². The van der Waals surface area contributed by atoms with Gasteiger partial charge in [-0.05, 0) is 12.1 Å². The van der Waals surface area contributed by atoms with Gasteiger partial charge in [0.2, 0.25) is 0 Å². The van der Waals surface area contributed by atoms with Gasteiger partial charge in [-0.3, -0.25) is 4.79 Å². The van der Waals surface area contributed by atoms with Crippen LogP contribution in [0.4, 0.5) is 0 Å². The summed E-state index contributed by atoms with van der Waals surface area (Å²) in [5.41, 5.74) is 1.52. The predicted octanol–water partition coefficient (Wildman–Crippen LogP) is 5.17. The maximum absolute atomic E-state index is 11.0. The van der Waals surface area contributed by atoms with Crippen LogP contribution in [0.2, 0.25) is 20.2 Å². The second-order valence-electron chi connectivity index (χ2n) is 3.44. The fraction of sp³-hybridized carbons (Fsp3) is 0. The summed E-state index contributed by atoms with van der Waals surface area (Å²) in [5.74, 6) is 0. The Hall–Kier alpha value is -0.800. The normalized spacial score (nSPS) is 10.4. The first-order chi connectivity index (χ1) is 8.54. The molecule has 0 fully saturated rings. The van der Waals surface area contributed by atoms with E-state index in [2.05, 4.69) is 4.98 Å². The van der Waals surface area contributed by atoms with E-state index in [1.807, 2.05) is 0 Å². The summed E-state index contributed by atoms with van der Waals surface area (Å²) in [6.45, 7) is 0. The molecule has 18 heavy (non-hydrogen) atoms. The van der Waals surface area contributed by atoms with Crippen molar-refractivity contribution < 1.29 is 4.79 Å². The van der Waals surface area contributed by atoms with Crippen molar-refractivity contribution in [3.05, 3.63) is 50.2 Å². The van der Waals surface area contributed by atoms with Crippen molar-refractivity contribution in [3.8, 4) is 11.1 Å². The maximum atomic E-state index is 11.0. The molecule has 2 rings (SSSR count). The van der Waals surface area contributed by atoms with Crippen LogP contribution in [-0.4, -0.2) is 11.3 Å². The Kier molecular flexibility index (Phi) is 4.13. The van der Waals surface area contributed by atoms with Crippen LogP contribution in [0.1, 0.15) is 10.4 Å². The molecule has 0 aliphatic carbocycles. The van der Waals surface area contributed by atoms with E-state index in [1.54, 1.807) is 12.1 Å². The molecule has 1 aromatic carbocycles. The number of carbonyl (C=O) groups excluding carboxylic acids is 1. The molecule has 0 atom stereocenters. The van der Waals surface area contributed by atoms with Crippen molar-refractivity contribution in [2.75, 3.05) is 0 Å². The Morgan fingerprint density at radius 1 is 1.00 bits per heavy atom. The highest BCUT2D eigenvalue weighted by molar-refractivity contribution is 6.49. The van der Waals surface area contributed by atoms with Crippen LogP contribution in [0.3, 0.4) is 0 Å². The maximum Gasteiger partial charge on any atom is 0.150 e. The number of hydrogen-bond donors (Lipinski definition) is 0. The van der Waals surface area contributed by atoms with Crippen LogP contribution in [-0.2, 0) is 0 Å². The first-order valence-corrected chi connectivity index (χ1v) is 6.30. The number of benzene rings is 1. The number of carbonyl (C=O) groups is 1. The lowest BCUT2D eigenvalue weighted by molar-refractivity contribution is 0.112. The van der Waals surface area contributed by atoms with E-state index in [9.17, 15) is 4.79 Å². The standard InChI is InChI=1S/C12H5Cl4NO/c13-9-2-1-7(11(15)12(9)16)8-4-17-10(14)3-6(8)5-18/h1-5H. The summed E-state index contributed by atoms with van der Waals surface area (Å²) in [7, 11) is 0. The van der Waals surface area contributed by atoms with Gasteiger partial charge in [0.15, 0.2) is 6.29 Å². The van der Waals surface area contributed by atoms with Crippen LogP contribution in [0.5, 0.6) is 0 Å². The summed E-state index contributed by atoms with van der Waals surface area (Å²) >= 11 is 23.6. The lowest BCUT2D eigenvalue weighted by Gasteiger charge is -2.09. The first-order valence-electron chi connectivity index (χ1n) is 4.79. The highest BCUT2D eigenvalue weighted by Crippen LogP contribution is 2.38. The molecule has 0 aliphatic rings. The van der Waals surface area contributed by atoms with E-state index in [4.69, 9.17) is 46.4 Å². The third-order valence-electron chi connectivity index (χ3n) is 2.35. The molecule has 0 unspecified atom stereocenters. The lowest BCUT2D eigenvalue weighted by Crippen LogP contribution is -1.91. The molecule has 0 spiro atoms. The second kappa shape index (κ2) is 5.45. The molecule has 1 aromatic heterocycles. The van der Waals surface area contributed by atoms with E-state index in [0.717, 1.165) is 0 Å². The van der Waals surface area contributed by atoms with Gasteiger partial charge in [-0.25, -0.2) is 4.98 Å². The number of hydrogen-bond acceptors (Lipinski definition) is 2. The largest absolute Gasteiger partial charge is 0.298 e. The topological polar surface area (TPSA) is 30.0 Å². The molecule has 0 saturated heterocycles. The fourth-order valence-electron chi connectivity index (χ4n) is 1.50. The van der Waals surface area contributed by atoms with Crippen molar-refractivity contribution in [1.29, 1.82) is 0 Å². The number of aldehydes is 1. The molecule has 6 heteroatoms. The van der Waals surface area contributed by atoms with Gasteiger partial charge in [0, 0.05) is 22.9 Å². The third-order valence-corrected chi connectivity index (χ3v) is 3.86. The zero-order chi connectivity index (χ0) is 13.3. The van der Waals surface area contributed by atoms with Crippen LogP contribution in [0, 0.1) is 0 Å². The predicted molar refractivity (Wildman–Crippen MR) is 75.1 cm³/mol. The van der Waals surface area contributed by atoms with Gasteiger partial charge in [-0.2, -0.15) is 0 Å². The number of nitrogens with zero attached hydrogens (tertiary/aromatic N) is 1.